The highest BCUT2D eigenvalue weighted by molar-refractivity contribution is 5.32. The van der Waals surface area contributed by atoms with E-state index in [1.54, 1.807) is 0 Å². The standard InChI is InChI=1S/C7H4F6O/c1-3-5(7(11,12)13)4(2-14-3)6(8,9)10/h2H,1H3. The topological polar surface area (TPSA) is 13.1 Å². The van der Waals surface area contributed by atoms with E-state index in [1.165, 1.54) is 0 Å². The van der Waals surface area contributed by atoms with Gasteiger partial charge in [0.1, 0.15) is 23.2 Å². The minimum atomic E-state index is -5.05. The summed E-state index contributed by atoms with van der Waals surface area (Å²) in [6.07, 6.45) is -10.0. The molecule has 0 saturated carbocycles. The molecule has 1 rings (SSSR count). The van der Waals surface area contributed by atoms with Gasteiger partial charge in [-0.2, -0.15) is 26.3 Å². The fourth-order valence-corrected chi connectivity index (χ4v) is 1.02. The zero-order valence-corrected chi connectivity index (χ0v) is 6.75. The molecular formula is C7H4F6O. The summed E-state index contributed by atoms with van der Waals surface area (Å²) in [5, 5.41) is 0. The predicted molar refractivity (Wildman–Crippen MR) is 33.4 cm³/mol. The summed E-state index contributed by atoms with van der Waals surface area (Å²) in [4.78, 5) is 0. The van der Waals surface area contributed by atoms with Crippen molar-refractivity contribution >= 4 is 0 Å². The predicted octanol–water partition coefficient (Wildman–Crippen LogP) is 3.63. The zero-order chi connectivity index (χ0) is 11.1. The summed E-state index contributed by atoms with van der Waals surface area (Å²) in [5.41, 5.74) is -3.55. The number of rotatable bonds is 0. The first-order chi connectivity index (χ1) is 6.14. The maximum Gasteiger partial charge on any atom is 0.420 e. The minimum Gasteiger partial charge on any atom is -0.468 e. The molecule has 0 atom stereocenters. The van der Waals surface area contributed by atoms with E-state index in [9.17, 15) is 26.3 Å². The molecule has 14 heavy (non-hydrogen) atoms. The molecule has 0 saturated heterocycles. The van der Waals surface area contributed by atoms with Crippen LogP contribution in [0.1, 0.15) is 16.9 Å². The lowest BCUT2D eigenvalue weighted by Crippen LogP contribution is -2.14. The van der Waals surface area contributed by atoms with Gasteiger partial charge in [0.2, 0.25) is 0 Å². The Morgan fingerprint density at radius 3 is 1.79 bits per heavy atom. The fraction of sp³-hybridized carbons (Fsp3) is 0.429. The third-order valence-corrected chi connectivity index (χ3v) is 1.56. The highest BCUT2D eigenvalue weighted by Gasteiger charge is 2.46. The summed E-state index contributed by atoms with van der Waals surface area (Å²) < 4.78 is 76.5. The highest BCUT2D eigenvalue weighted by atomic mass is 19.4. The molecule has 1 aromatic heterocycles. The Labute approximate surface area is 74.3 Å². The van der Waals surface area contributed by atoms with Crippen molar-refractivity contribution < 1.29 is 30.8 Å². The Balaban J connectivity index is 3.35. The van der Waals surface area contributed by atoms with E-state index in [-0.39, 0.29) is 6.26 Å². The van der Waals surface area contributed by atoms with Gasteiger partial charge in [-0.05, 0) is 6.92 Å². The van der Waals surface area contributed by atoms with Gasteiger partial charge in [-0.1, -0.05) is 0 Å². The van der Waals surface area contributed by atoms with Crippen molar-refractivity contribution in [2.75, 3.05) is 0 Å². The van der Waals surface area contributed by atoms with Crippen LogP contribution in [0.25, 0.3) is 0 Å². The first kappa shape index (κ1) is 10.9. The molecule has 0 aliphatic carbocycles. The largest absolute Gasteiger partial charge is 0.468 e. The first-order valence-electron chi connectivity index (χ1n) is 3.36. The van der Waals surface area contributed by atoms with Crippen LogP contribution in [-0.4, -0.2) is 0 Å². The van der Waals surface area contributed by atoms with Gasteiger partial charge >= 0.3 is 12.4 Å². The Morgan fingerprint density at radius 1 is 1.00 bits per heavy atom. The second kappa shape index (κ2) is 2.93. The van der Waals surface area contributed by atoms with Crippen LogP contribution in [0.15, 0.2) is 10.7 Å². The summed E-state index contributed by atoms with van der Waals surface area (Å²) in [6, 6.07) is 0. The molecule has 0 bridgehead atoms. The lowest BCUT2D eigenvalue weighted by Gasteiger charge is -2.10. The van der Waals surface area contributed by atoms with Crippen LogP contribution in [0.2, 0.25) is 0 Å². The smallest absolute Gasteiger partial charge is 0.420 e. The van der Waals surface area contributed by atoms with E-state index in [0.717, 1.165) is 6.92 Å². The molecule has 80 valence electrons. The number of aryl methyl sites for hydroxylation is 1. The van der Waals surface area contributed by atoms with Crippen molar-refractivity contribution in [2.24, 2.45) is 0 Å². The van der Waals surface area contributed by atoms with E-state index < -0.39 is 29.2 Å². The molecule has 7 heteroatoms. The van der Waals surface area contributed by atoms with E-state index in [0.29, 0.717) is 0 Å². The molecule has 0 N–H and O–H groups in total. The van der Waals surface area contributed by atoms with Crippen molar-refractivity contribution in [1.29, 1.82) is 0 Å². The number of alkyl halides is 6. The van der Waals surface area contributed by atoms with E-state index >= 15 is 0 Å². The molecule has 0 amide bonds. The molecule has 1 nitrogen and oxygen atoms in total. The van der Waals surface area contributed by atoms with Crippen LogP contribution >= 0.6 is 0 Å². The van der Waals surface area contributed by atoms with Crippen LogP contribution < -0.4 is 0 Å². The number of hydrogen-bond donors (Lipinski definition) is 0. The Kier molecular flexibility index (Phi) is 2.29. The zero-order valence-electron chi connectivity index (χ0n) is 6.75. The normalized spacial score (nSPS) is 13.4. The molecule has 0 spiro atoms. The molecular weight excluding hydrogens is 214 g/mol. The van der Waals surface area contributed by atoms with Gasteiger partial charge in [0.05, 0.1) is 0 Å². The molecule has 0 aliphatic heterocycles. The van der Waals surface area contributed by atoms with Gasteiger partial charge in [0, 0.05) is 0 Å². The summed E-state index contributed by atoms with van der Waals surface area (Å²) in [6.45, 7) is 0.831. The highest BCUT2D eigenvalue weighted by Crippen LogP contribution is 2.42. The minimum absolute atomic E-state index is 0.0676. The quantitative estimate of drug-likeness (QED) is 0.606. The van der Waals surface area contributed by atoms with Crippen molar-refractivity contribution in [3.63, 3.8) is 0 Å². The van der Waals surface area contributed by atoms with Gasteiger partial charge < -0.3 is 4.42 Å². The summed E-state index contributed by atoms with van der Waals surface area (Å²) >= 11 is 0. The van der Waals surface area contributed by atoms with Crippen molar-refractivity contribution in [1.82, 2.24) is 0 Å². The number of furan rings is 1. The van der Waals surface area contributed by atoms with Crippen LogP contribution in [0, 0.1) is 6.92 Å². The average molecular weight is 218 g/mol. The molecule has 0 aliphatic rings. The third kappa shape index (κ3) is 1.85. The Bertz CT molecular complexity index is 331. The van der Waals surface area contributed by atoms with Gasteiger partial charge in [-0.25, -0.2) is 0 Å². The lowest BCUT2D eigenvalue weighted by molar-refractivity contribution is -0.161. The monoisotopic (exact) mass is 218 g/mol. The Morgan fingerprint density at radius 2 is 1.50 bits per heavy atom. The summed E-state index contributed by atoms with van der Waals surface area (Å²) in [7, 11) is 0. The second-order valence-electron chi connectivity index (χ2n) is 2.58. The maximum atomic E-state index is 12.1. The first-order valence-corrected chi connectivity index (χ1v) is 3.36. The fourth-order valence-electron chi connectivity index (χ4n) is 1.02. The van der Waals surface area contributed by atoms with E-state index in [1.807, 2.05) is 0 Å². The average Bonchev–Trinajstić information content (AvgIpc) is 2.27. The lowest BCUT2D eigenvalue weighted by atomic mass is 10.1. The van der Waals surface area contributed by atoms with Crippen LogP contribution in [0.5, 0.6) is 0 Å². The van der Waals surface area contributed by atoms with Gasteiger partial charge in [0.25, 0.3) is 0 Å². The van der Waals surface area contributed by atoms with Crippen molar-refractivity contribution in [3.05, 3.63) is 23.2 Å². The number of hydrogen-bond acceptors (Lipinski definition) is 1. The Hall–Kier alpha value is -1.14. The SMILES string of the molecule is Cc1occ(C(F)(F)F)c1C(F)(F)F. The molecule has 0 aromatic carbocycles. The number of halogens is 6. The molecule has 1 aromatic rings. The van der Waals surface area contributed by atoms with Gasteiger partial charge in [0.15, 0.2) is 0 Å². The van der Waals surface area contributed by atoms with E-state index in [2.05, 4.69) is 4.42 Å². The molecule has 1 heterocycles. The van der Waals surface area contributed by atoms with Crippen LogP contribution in [-0.2, 0) is 12.4 Å². The molecule has 0 fully saturated rings. The van der Waals surface area contributed by atoms with Crippen LogP contribution in [0.3, 0.4) is 0 Å². The third-order valence-electron chi connectivity index (χ3n) is 1.56. The second-order valence-corrected chi connectivity index (χ2v) is 2.58. The van der Waals surface area contributed by atoms with Gasteiger partial charge in [-0.3, -0.25) is 0 Å². The van der Waals surface area contributed by atoms with Crippen LogP contribution in [0.4, 0.5) is 26.3 Å². The van der Waals surface area contributed by atoms with E-state index in [4.69, 9.17) is 0 Å². The maximum absolute atomic E-state index is 12.1. The van der Waals surface area contributed by atoms with Crippen molar-refractivity contribution in [2.45, 2.75) is 19.3 Å². The van der Waals surface area contributed by atoms with Gasteiger partial charge in [-0.15, -0.1) is 0 Å². The molecule has 0 radical (unpaired) electrons. The summed E-state index contributed by atoms with van der Waals surface area (Å²) in [5.74, 6) is -0.787. The molecule has 0 unspecified atom stereocenters. The van der Waals surface area contributed by atoms with Crippen molar-refractivity contribution in [3.8, 4) is 0 Å².